The summed E-state index contributed by atoms with van der Waals surface area (Å²) in [7, 11) is 0. The second-order valence-electron chi connectivity index (χ2n) is 10.7. The van der Waals surface area contributed by atoms with E-state index in [4.69, 9.17) is 23.7 Å². The Hall–Kier alpha value is -1.97. The quantitative estimate of drug-likeness (QED) is 0.253. The summed E-state index contributed by atoms with van der Waals surface area (Å²) in [5, 5.41) is 11.3. The number of fused-ring (bicyclic) bond motifs is 2. The van der Waals surface area contributed by atoms with Crippen LogP contribution in [0.5, 0.6) is 0 Å². The van der Waals surface area contributed by atoms with Crippen LogP contribution in [0, 0.1) is 16.7 Å². The van der Waals surface area contributed by atoms with E-state index in [0.717, 1.165) is 5.57 Å². The molecule has 0 aromatic carbocycles. The Balaban J connectivity index is 1.79. The number of hydrogen-bond donors (Lipinski definition) is 1. The minimum atomic E-state index is -1.11. The number of esters is 3. The van der Waals surface area contributed by atoms with Crippen LogP contribution in [0.15, 0.2) is 11.6 Å². The van der Waals surface area contributed by atoms with Crippen molar-refractivity contribution < 1.29 is 43.2 Å². The molecule has 2 bridgehead atoms. The molecule has 1 spiro atoms. The molecule has 0 aromatic heterocycles. The van der Waals surface area contributed by atoms with Gasteiger partial charge in [0.15, 0.2) is 0 Å². The molecule has 2 aliphatic heterocycles. The molecule has 0 aromatic rings. The highest BCUT2D eigenvalue weighted by atomic mass is 16.7. The van der Waals surface area contributed by atoms with Crippen molar-refractivity contribution in [1.29, 1.82) is 0 Å². The van der Waals surface area contributed by atoms with Crippen LogP contribution in [0.3, 0.4) is 0 Å². The summed E-state index contributed by atoms with van der Waals surface area (Å²) in [5.41, 5.74) is -2.00. The van der Waals surface area contributed by atoms with Crippen LogP contribution in [0.1, 0.15) is 60.8 Å². The summed E-state index contributed by atoms with van der Waals surface area (Å²) in [4.78, 5) is 36.9. The van der Waals surface area contributed by atoms with Gasteiger partial charge >= 0.3 is 17.9 Å². The standard InChI is InChI=1S/C25H36O9/c1-7-18(27)34-21-20(29)22-25(12-31-25)23(21,6)24(11-30-15(5)26)10-16(14(4)9-17(24)33-22)32-19(28)8-13(2)3/h9,13,16-17,20-22,29H,7-8,10-12H2,1-6H3/t16-,17+,20+,21+,22+,23+,24+,25-/m0/s1. The Labute approximate surface area is 200 Å². The highest BCUT2D eigenvalue weighted by Crippen LogP contribution is 2.72. The second kappa shape index (κ2) is 8.60. The first-order valence-corrected chi connectivity index (χ1v) is 12.1. The molecule has 9 nitrogen and oxygen atoms in total. The monoisotopic (exact) mass is 480 g/mol. The highest BCUT2D eigenvalue weighted by Gasteiger charge is 2.86. The fourth-order valence-corrected chi connectivity index (χ4v) is 6.31. The molecular formula is C25H36O9. The smallest absolute Gasteiger partial charge is 0.306 e. The number of carbonyl (C=O) groups excluding carboxylic acids is 3. The summed E-state index contributed by atoms with van der Waals surface area (Å²) >= 11 is 0. The molecule has 0 unspecified atom stereocenters. The number of hydrogen-bond acceptors (Lipinski definition) is 9. The first kappa shape index (κ1) is 25.1. The molecule has 190 valence electrons. The maximum Gasteiger partial charge on any atom is 0.306 e. The van der Waals surface area contributed by atoms with Crippen LogP contribution in [0.2, 0.25) is 0 Å². The molecule has 4 aliphatic rings. The Morgan fingerprint density at radius 1 is 1.24 bits per heavy atom. The van der Waals surface area contributed by atoms with E-state index in [2.05, 4.69) is 0 Å². The zero-order chi connectivity index (χ0) is 25.1. The van der Waals surface area contributed by atoms with Gasteiger partial charge in [-0.05, 0) is 18.4 Å². The van der Waals surface area contributed by atoms with Crippen LogP contribution in [0.25, 0.3) is 0 Å². The van der Waals surface area contributed by atoms with Crippen molar-refractivity contribution in [2.45, 2.75) is 96.9 Å². The molecule has 9 heteroatoms. The van der Waals surface area contributed by atoms with Gasteiger partial charge in [0.1, 0.15) is 36.6 Å². The third-order valence-corrected chi connectivity index (χ3v) is 8.26. The van der Waals surface area contributed by atoms with Gasteiger partial charge in [-0.1, -0.05) is 33.8 Å². The van der Waals surface area contributed by atoms with E-state index in [1.807, 2.05) is 33.8 Å². The van der Waals surface area contributed by atoms with Gasteiger partial charge in [-0.15, -0.1) is 0 Å². The average molecular weight is 481 g/mol. The maximum atomic E-state index is 12.6. The molecule has 1 N–H and O–H groups in total. The lowest BCUT2D eigenvalue weighted by molar-refractivity contribution is -0.241. The average Bonchev–Trinajstić information content (AvgIpc) is 3.53. The summed E-state index contributed by atoms with van der Waals surface area (Å²) in [5.74, 6) is -1.09. The third kappa shape index (κ3) is 3.58. The Kier molecular flexibility index (Phi) is 6.36. The van der Waals surface area contributed by atoms with Crippen LogP contribution < -0.4 is 0 Å². The minimum Gasteiger partial charge on any atom is -0.465 e. The summed E-state index contributed by atoms with van der Waals surface area (Å²) in [6, 6.07) is 0. The van der Waals surface area contributed by atoms with Crippen LogP contribution in [-0.2, 0) is 38.1 Å². The van der Waals surface area contributed by atoms with Gasteiger partial charge in [0.05, 0.1) is 23.5 Å². The van der Waals surface area contributed by atoms with Crippen molar-refractivity contribution in [3.05, 3.63) is 11.6 Å². The molecule has 8 atom stereocenters. The molecule has 34 heavy (non-hydrogen) atoms. The summed E-state index contributed by atoms with van der Waals surface area (Å²) in [6.07, 6.45) is -1.30. The molecule has 3 fully saturated rings. The van der Waals surface area contributed by atoms with E-state index in [-0.39, 0.29) is 37.8 Å². The number of rotatable bonds is 7. The van der Waals surface area contributed by atoms with Crippen molar-refractivity contribution in [3.63, 3.8) is 0 Å². The highest BCUT2D eigenvalue weighted by molar-refractivity contribution is 5.70. The molecule has 2 saturated heterocycles. The lowest BCUT2D eigenvalue weighted by Gasteiger charge is -2.58. The van der Waals surface area contributed by atoms with Crippen molar-refractivity contribution in [1.82, 2.24) is 0 Å². The number of aliphatic hydroxyl groups is 1. The normalized spacial score (nSPS) is 42.1. The summed E-state index contributed by atoms with van der Waals surface area (Å²) in [6.45, 7) is 11.0. The molecule has 2 heterocycles. The fraction of sp³-hybridized carbons (Fsp3) is 0.800. The largest absolute Gasteiger partial charge is 0.465 e. The third-order valence-electron chi connectivity index (χ3n) is 8.26. The predicted molar refractivity (Wildman–Crippen MR) is 118 cm³/mol. The fourth-order valence-electron chi connectivity index (χ4n) is 6.31. The topological polar surface area (TPSA) is 121 Å². The lowest BCUT2D eigenvalue weighted by Crippen LogP contribution is -2.68. The number of carbonyl (C=O) groups is 3. The first-order chi connectivity index (χ1) is 15.9. The Bertz CT molecular complexity index is 891. The van der Waals surface area contributed by atoms with E-state index in [1.165, 1.54) is 6.92 Å². The summed E-state index contributed by atoms with van der Waals surface area (Å²) < 4.78 is 29.7. The Morgan fingerprint density at radius 3 is 2.47 bits per heavy atom. The molecule has 0 amide bonds. The molecule has 1 saturated carbocycles. The van der Waals surface area contributed by atoms with Gasteiger partial charge in [0, 0.05) is 26.2 Å². The van der Waals surface area contributed by atoms with Crippen LogP contribution in [-0.4, -0.2) is 72.3 Å². The lowest BCUT2D eigenvalue weighted by atomic mass is 9.51. The van der Waals surface area contributed by atoms with Gasteiger partial charge in [-0.25, -0.2) is 0 Å². The van der Waals surface area contributed by atoms with Crippen LogP contribution >= 0.6 is 0 Å². The predicted octanol–water partition coefficient (Wildman–Crippen LogP) is 2.08. The molecular weight excluding hydrogens is 444 g/mol. The number of aliphatic hydroxyl groups excluding tert-OH is 1. The number of ether oxygens (including phenoxy) is 5. The van der Waals surface area contributed by atoms with Gasteiger partial charge in [0.2, 0.25) is 0 Å². The van der Waals surface area contributed by atoms with Crippen molar-refractivity contribution >= 4 is 17.9 Å². The van der Waals surface area contributed by atoms with E-state index in [9.17, 15) is 19.5 Å². The van der Waals surface area contributed by atoms with Crippen molar-refractivity contribution in [2.75, 3.05) is 13.2 Å². The van der Waals surface area contributed by atoms with E-state index in [1.54, 1.807) is 6.92 Å². The molecule has 4 rings (SSSR count). The SMILES string of the molecule is CCC(=O)O[C@@H]1[C@@H](O)[C@H]2O[C@@H]3C=C(C)[C@@H](OC(=O)CC(C)C)C[C@]3(COC(C)=O)[C@]1(C)[C@]21CO1. The minimum absolute atomic E-state index is 0.0593. The van der Waals surface area contributed by atoms with Gasteiger partial charge in [-0.3, -0.25) is 14.4 Å². The van der Waals surface area contributed by atoms with E-state index >= 15 is 0 Å². The van der Waals surface area contributed by atoms with E-state index in [0.29, 0.717) is 6.61 Å². The number of epoxide rings is 1. The molecule has 2 aliphatic carbocycles. The molecule has 0 radical (unpaired) electrons. The van der Waals surface area contributed by atoms with Gasteiger partial charge in [0.25, 0.3) is 0 Å². The second-order valence-corrected chi connectivity index (χ2v) is 10.7. The maximum absolute atomic E-state index is 12.6. The van der Waals surface area contributed by atoms with E-state index < -0.39 is 58.9 Å². The Morgan fingerprint density at radius 2 is 1.91 bits per heavy atom. The zero-order valence-corrected chi connectivity index (χ0v) is 20.8. The van der Waals surface area contributed by atoms with Gasteiger partial charge < -0.3 is 28.8 Å². The first-order valence-electron chi connectivity index (χ1n) is 12.1. The van der Waals surface area contributed by atoms with Crippen molar-refractivity contribution in [3.8, 4) is 0 Å². The zero-order valence-electron chi connectivity index (χ0n) is 20.8. The van der Waals surface area contributed by atoms with Crippen LogP contribution in [0.4, 0.5) is 0 Å². The van der Waals surface area contributed by atoms with Crippen molar-refractivity contribution in [2.24, 2.45) is 16.7 Å². The van der Waals surface area contributed by atoms with Gasteiger partial charge in [-0.2, -0.15) is 0 Å².